The molecule has 166 valence electrons. The quantitative estimate of drug-likeness (QED) is 0.696. The van der Waals surface area contributed by atoms with Gasteiger partial charge in [0.1, 0.15) is 11.6 Å². The molecule has 0 saturated carbocycles. The first-order chi connectivity index (χ1) is 14.8. The number of nitrogens with zero attached hydrogens (tertiary/aromatic N) is 5. The largest absolute Gasteiger partial charge is 0.370 e. The van der Waals surface area contributed by atoms with E-state index in [0.717, 1.165) is 49.2 Å². The normalized spacial score (nSPS) is 14.6. The number of amides is 2. The molecule has 3 rings (SSSR count). The Bertz CT molecular complexity index is 894. The highest BCUT2D eigenvalue weighted by Gasteiger charge is 2.24. The third-order valence-electron chi connectivity index (χ3n) is 5.38. The molecule has 2 aromatic rings. The molecule has 0 unspecified atom stereocenters. The van der Waals surface area contributed by atoms with Crippen molar-refractivity contribution >= 4 is 23.3 Å². The number of primary amides is 1. The van der Waals surface area contributed by atoms with Crippen molar-refractivity contribution < 1.29 is 9.59 Å². The van der Waals surface area contributed by atoms with Gasteiger partial charge in [-0.3, -0.25) is 14.5 Å². The van der Waals surface area contributed by atoms with Gasteiger partial charge in [-0.15, -0.1) is 0 Å². The zero-order valence-corrected chi connectivity index (χ0v) is 18.6. The predicted octanol–water partition coefficient (Wildman–Crippen LogP) is 1.94. The molecule has 2 N–H and O–H groups in total. The number of anilines is 2. The summed E-state index contributed by atoms with van der Waals surface area (Å²) in [6.07, 6.45) is 0.139. The van der Waals surface area contributed by atoms with Crippen molar-refractivity contribution in [3.05, 3.63) is 47.9 Å². The van der Waals surface area contributed by atoms with Gasteiger partial charge < -0.3 is 15.5 Å². The zero-order valence-electron chi connectivity index (χ0n) is 18.6. The number of rotatable bonds is 8. The highest BCUT2D eigenvalue weighted by atomic mass is 16.2. The lowest BCUT2D eigenvalue weighted by Gasteiger charge is -2.36. The second kappa shape index (κ2) is 10.3. The summed E-state index contributed by atoms with van der Waals surface area (Å²) in [6.45, 7) is 9.92. The highest BCUT2D eigenvalue weighted by molar-refractivity contribution is 5.95. The molecule has 0 bridgehead atoms. The van der Waals surface area contributed by atoms with Crippen LogP contribution in [0.3, 0.4) is 0 Å². The fourth-order valence-electron chi connectivity index (χ4n) is 3.63. The lowest BCUT2D eigenvalue weighted by Crippen LogP contribution is -2.50. The maximum absolute atomic E-state index is 13.0. The van der Waals surface area contributed by atoms with Gasteiger partial charge in [-0.1, -0.05) is 32.0 Å². The van der Waals surface area contributed by atoms with Crippen molar-refractivity contribution in [3.8, 4) is 0 Å². The van der Waals surface area contributed by atoms with Gasteiger partial charge in [0.2, 0.25) is 11.8 Å². The third-order valence-corrected chi connectivity index (χ3v) is 5.38. The minimum absolute atomic E-state index is 0.0270. The predicted molar refractivity (Wildman–Crippen MR) is 122 cm³/mol. The Hall–Kier alpha value is -3.00. The summed E-state index contributed by atoms with van der Waals surface area (Å²) in [4.78, 5) is 39.6. The fourth-order valence-corrected chi connectivity index (χ4v) is 3.63. The van der Waals surface area contributed by atoms with E-state index < -0.39 is 5.91 Å². The Balaban J connectivity index is 1.61. The summed E-state index contributed by atoms with van der Waals surface area (Å²) in [5.41, 5.74) is 7.06. The SMILES string of the molecule is Cc1cc(N2CCN(CC(=O)N(CCC(N)=O)c3ccccc3)CC2)nc(C(C)C)n1. The Kier molecular flexibility index (Phi) is 7.57. The van der Waals surface area contributed by atoms with E-state index in [2.05, 4.69) is 28.6 Å². The lowest BCUT2D eigenvalue weighted by molar-refractivity contribution is -0.120. The molecular weight excluding hydrogens is 392 g/mol. The molecule has 8 heteroatoms. The molecule has 0 aliphatic carbocycles. The van der Waals surface area contributed by atoms with E-state index in [4.69, 9.17) is 10.7 Å². The zero-order chi connectivity index (χ0) is 22.4. The number of carbonyl (C=O) groups excluding carboxylic acids is 2. The second-order valence-corrected chi connectivity index (χ2v) is 8.24. The van der Waals surface area contributed by atoms with Crippen LogP contribution in [0.5, 0.6) is 0 Å². The summed E-state index contributed by atoms with van der Waals surface area (Å²) in [6, 6.07) is 11.4. The summed E-state index contributed by atoms with van der Waals surface area (Å²) in [5.74, 6) is 1.65. The molecule has 1 saturated heterocycles. The third kappa shape index (κ3) is 6.24. The first-order valence-corrected chi connectivity index (χ1v) is 10.8. The van der Waals surface area contributed by atoms with Gasteiger partial charge in [0.15, 0.2) is 0 Å². The number of hydrogen-bond donors (Lipinski definition) is 1. The van der Waals surface area contributed by atoms with Crippen LogP contribution in [0.1, 0.15) is 37.7 Å². The molecule has 1 fully saturated rings. The number of para-hydroxylation sites is 1. The number of carbonyl (C=O) groups is 2. The molecule has 1 aromatic heterocycles. The Morgan fingerprint density at radius 2 is 1.77 bits per heavy atom. The summed E-state index contributed by atoms with van der Waals surface area (Å²) < 4.78 is 0. The van der Waals surface area contributed by atoms with E-state index in [1.165, 1.54) is 0 Å². The van der Waals surface area contributed by atoms with Crippen molar-refractivity contribution in [2.45, 2.75) is 33.1 Å². The number of piperazine rings is 1. The van der Waals surface area contributed by atoms with Gasteiger partial charge in [0, 0.05) is 62.5 Å². The van der Waals surface area contributed by atoms with Crippen molar-refractivity contribution in [1.82, 2.24) is 14.9 Å². The summed E-state index contributed by atoms with van der Waals surface area (Å²) in [7, 11) is 0. The number of benzene rings is 1. The Morgan fingerprint density at radius 3 is 2.39 bits per heavy atom. The van der Waals surface area contributed by atoms with Crippen molar-refractivity contribution in [3.63, 3.8) is 0 Å². The van der Waals surface area contributed by atoms with E-state index in [1.807, 2.05) is 43.3 Å². The molecule has 0 spiro atoms. The van der Waals surface area contributed by atoms with Crippen LogP contribution in [0.25, 0.3) is 0 Å². The van der Waals surface area contributed by atoms with Gasteiger partial charge in [-0.2, -0.15) is 0 Å². The molecular formula is C23H32N6O2. The van der Waals surface area contributed by atoms with E-state index in [9.17, 15) is 9.59 Å². The monoisotopic (exact) mass is 424 g/mol. The number of aromatic nitrogens is 2. The molecule has 31 heavy (non-hydrogen) atoms. The maximum Gasteiger partial charge on any atom is 0.241 e. The van der Waals surface area contributed by atoms with Gasteiger partial charge in [0.25, 0.3) is 0 Å². The first-order valence-electron chi connectivity index (χ1n) is 10.8. The van der Waals surface area contributed by atoms with E-state index in [-0.39, 0.29) is 24.8 Å². The van der Waals surface area contributed by atoms with Crippen LogP contribution in [-0.4, -0.2) is 66.0 Å². The average Bonchev–Trinajstić information content (AvgIpc) is 2.74. The highest BCUT2D eigenvalue weighted by Crippen LogP contribution is 2.19. The summed E-state index contributed by atoms with van der Waals surface area (Å²) in [5, 5.41) is 0. The molecule has 0 radical (unpaired) electrons. The standard InChI is InChI=1S/C23H32N6O2/c1-17(2)23-25-18(3)15-21(26-23)28-13-11-27(12-14-28)16-22(31)29(10-9-20(24)30)19-7-5-4-6-8-19/h4-8,15,17H,9-14,16H2,1-3H3,(H2,24,30). The van der Waals surface area contributed by atoms with E-state index in [1.54, 1.807) is 4.90 Å². The first kappa shape index (κ1) is 22.7. The van der Waals surface area contributed by atoms with E-state index in [0.29, 0.717) is 6.54 Å². The number of hydrogen-bond acceptors (Lipinski definition) is 6. The molecule has 2 heterocycles. The molecule has 8 nitrogen and oxygen atoms in total. The molecule has 1 aliphatic rings. The molecule has 0 atom stereocenters. The van der Waals surface area contributed by atoms with Crippen LogP contribution in [0.15, 0.2) is 36.4 Å². The Morgan fingerprint density at radius 1 is 1.10 bits per heavy atom. The smallest absolute Gasteiger partial charge is 0.241 e. The van der Waals surface area contributed by atoms with Crippen molar-refractivity contribution in [2.24, 2.45) is 5.73 Å². The number of nitrogens with two attached hydrogens (primary N) is 1. The Labute approximate surface area is 184 Å². The number of aryl methyl sites for hydroxylation is 1. The van der Waals surface area contributed by atoms with Crippen LogP contribution < -0.4 is 15.5 Å². The van der Waals surface area contributed by atoms with Crippen molar-refractivity contribution in [1.29, 1.82) is 0 Å². The van der Waals surface area contributed by atoms with E-state index >= 15 is 0 Å². The van der Waals surface area contributed by atoms with Gasteiger partial charge in [0.05, 0.1) is 6.54 Å². The minimum atomic E-state index is -0.414. The van der Waals surface area contributed by atoms with Crippen LogP contribution in [0.4, 0.5) is 11.5 Å². The molecule has 1 aromatic carbocycles. The lowest BCUT2D eigenvalue weighted by atomic mass is 10.2. The van der Waals surface area contributed by atoms with Crippen LogP contribution >= 0.6 is 0 Å². The van der Waals surface area contributed by atoms with Crippen LogP contribution in [0.2, 0.25) is 0 Å². The van der Waals surface area contributed by atoms with Gasteiger partial charge in [-0.25, -0.2) is 9.97 Å². The minimum Gasteiger partial charge on any atom is -0.370 e. The fraction of sp³-hybridized carbons (Fsp3) is 0.478. The molecule has 2 amide bonds. The average molecular weight is 425 g/mol. The molecule has 1 aliphatic heterocycles. The maximum atomic E-state index is 13.0. The van der Waals surface area contributed by atoms with Gasteiger partial charge in [-0.05, 0) is 19.1 Å². The second-order valence-electron chi connectivity index (χ2n) is 8.24. The summed E-state index contributed by atoms with van der Waals surface area (Å²) >= 11 is 0. The van der Waals surface area contributed by atoms with Crippen LogP contribution in [-0.2, 0) is 9.59 Å². The topological polar surface area (TPSA) is 95.7 Å². The van der Waals surface area contributed by atoms with Crippen molar-refractivity contribution in [2.75, 3.05) is 49.1 Å². The van der Waals surface area contributed by atoms with Crippen LogP contribution in [0, 0.1) is 6.92 Å². The van der Waals surface area contributed by atoms with Gasteiger partial charge >= 0.3 is 0 Å².